The summed E-state index contributed by atoms with van der Waals surface area (Å²) in [6.07, 6.45) is 0. The van der Waals surface area contributed by atoms with Gasteiger partial charge in [0.1, 0.15) is 0 Å². The molecule has 4 heteroatoms. The standard InChI is InChI=1S/C21H16ClN2O/c1-13-9-10-14(11-17(13)22)12-24-18-7-3-2-5-15(18)20-16(21(23)25)6-4-8-19(20)24/h2-4,6-11H,12H2,1H3,(H2,23,25). The normalized spacial score (nSPS) is 11.3. The molecule has 0 unspecified atom stereocenters. The molecule has 1 amide bonds. The fourth-order valence-electron chi connectivity index (χ4n) is 3.30. The number of hydrogen-bond acceptors (Lipinski definition) is 1. The summed E-state index contributed by atoms with van der Waals surface area (Å²) in [4.78, 5) is 11.9. The van der Waals surface area contributed by atoms with Crippen molar-refractivity contribution in [3.8, 4) is 0 Å². The van der Waals surface area contributed by atoms with Gasteiger partial charge in [0.15, 0.2) is 0 Å². The molecule has 4 rings (SSSR count). The van der Waals surface area contributed by atoms with Crippen molar-refractivity contribution in [3.05, 3.63) is 82.4 Å². The van der Waals surface area contributed by atoms with E-state index in [1.807, 2.05) is 49.4 Å². The Morgan fingerprint density at radius 3 is 2.72 bits per heavy atom. The lowest BCUT2D eigenvalue weighted by Gasteiger charge is -2.09. The second kappa shape index (κ2) is 5.94. The molecule has 0 saturated heterocycles. The van der Waals surface area contributed by atoms with Crippen LogP contribution in [-0.4, -0.2) is 10.5 Å². The van der Waals surface area contributed by atoms with Crippen LogP contribution < -0.4 is 5.73 Å². The number of aromatic nitrogens is 1. The van der Waals surface area contributed by atoms with E-state index in [9.17, 15) is 4.79 Å². The zero-order chi connectivity index (χ0) is 17.6. The van der Waals surface area contributed by atoms with Gasteiger partial charge in [-0.15, -0.1) is 0 Å². The average molecular weight is 348 g/mol. The Morgan fingerprint density at radius 1 is 1.16 bits per heavy atom. The quantitative estimate of drug-likeness (QED) is 0.573. The fraction of sp³-hybridized carbons (Fsp3) is 0.0952. The monoisotopic (exact) mass is 347 g/mol. The third-order valence-corrected chi connectivity index (χ3v) is 4.96. The number of fused-ring (bicyclic) bond motifs is 3. The summed E-state index contributed by atoms with van der Waals surface area (Å²) in [5, 5.41) is 2.51. The second-order valence-electron chi connectivity index (χ2n) is 6.16. The van der Waals surface area contributed by atoms with E-state index in [1.165, 1.54) is 0 Å². The smallest absolute Gasteiger partial charge is 0.249 e. The number of benzene rings is 3. The van der Waals surface area contributed by atoms with Crippen LogP contribution in [0.4, 0.5) is 0 Å². The zero-order valence-electron chi connectivity index (χ0n) is 13.7. The highest BCUT2D eigenvalue weighted by molar-refractivity contribution is 6.31. The maximum Gasteiger partial charge on any atom is 0.249 e. The van der Waals surface area contributed by atoms with Gasteiger partial charge in [-0.05, 0) is 48.4 Å². The summed E-state index contributed by atoms with van der Waals surface area (Å²) < 4.78 is 2.18. The Hall–Kier alpha value is -2.78. The van der Waals surface area contributed by atoms with Crippen molar-refractivity contribution in [2.45, 2.75) is 13.5 Å². The van der Waals surface area contributed by atoms with Gasteiger partial charge < -0.3 is 10.3 Å². The Labute approximate surface area is 150 Å². The first-order valence-electron chi connectivity index (χ1n) is 8.02. The van der Waals surface area contributed by atoms with Crippen LogP contribution in [0.1, 0.15) is 21.5 Å². The molecule has 0 aliphatic rings. The van der Waals surface area contributed by atoms with Gasteiger partial charge in [-0.3, -0.25) is 4.79 Å². The van der Waals surface area contributed by atoms with Gasteiger partial charge in [-0.1, -0.05) is 41.9 Å². The molecule has 0 bridgehead atoms. The SMILES string of the molecule is Cc1ccc(Cn2c3ccc[c]c3c3c(C(N)=O)cccc32)cc1Cl. The number of nitrogens with zero attached hydrogens (tertiary/aromatic N) is 1. The van der Waals surface area contributed by atoms with Gasteiger partial charge in [0, 0.05) is 27.9 Å². The molecule has 2 N–H and O–H groups in total. The van der Waals surface area contributed by atoms with E-state index in [-0.39, 0.29) is 0 Å². The van der Waals surface area contributed by atoms with E-state index in [0.717, 1.165) is 38.0 Å². The Bertz CT molecular complexity index is 1130. The van der Waals surface area contributed by atoms with Crippen molar-refractivity contribution in [3.63, 3.8) is 0 Å². The number of carbonyl (C=O) groups is 1. The molecule has 0 aliphatic heterocycles. The number of amides is 1. The number of carbonyl (C=O) groups excluding carboxylic acids is 1. The van der Waals surface area contributed by atoms with E-state index in [1.54, 1.807) is 6.07 Å². The second-order valence-corrected chi connectivity index (χ2v) is 6.57. The maximum absolute atomic E-state index is 11.9. The first-order chi connectivity index (χ1) is 12.1. The molecular formula is C21H16ClN2O. The molecule has 0 saturated carbocycles. The fourth-order valence-corrected chi connectivity index (χ4v) is 3.51. The molecule has 0 fully saturated rings. The van der Waals surface area contributed by atoms with E-state index in [4.69, 9.17) is 17.3 Å². The van der Waals surface area contributed by atoms with E-state index in [0.29, 0.717) is 12.1 Å². The largest absolute Gasteiger partial charge is 0.366 e. The number of hydrogen-bond donors (Lipinski definition) is 1. The van der Waals surface area contributed by atoms with Gasteiger partial charge in [0.05, 0.1) is 11.0 Å². The number of halogens is 1. The van der Waals surface area contributed by atoms with E-state index >= 15 is 0 Å². The summed E-state index contributed by atoms with van der Waals surface area (Å²) in [6, 6.07) is 20.8. The topological polar surface area (TPSA) is 48.0 Å². The van der Waals surface area contributed by atoms with Crippen LogP contribution in [0.3, 0.4) is 0 Å². The van der Waals surface area contributed by atoms with Gasteiger partial charge in [0.2, 0.25) is 5.91 Å². The molecule has 0 spiro atoms. The van der Waals surface area contributed by atoms with Gasteiger partial charge >= 0.3 is 0 Å². The van der Waals surface area contributed by atoms with Gasteiger partial charge in [-0.2, -0.15) is 0 Å². The van der Waals surface area contributed by atoms with Crippen molar-refractivity contribution in [1.82, 2.24) is 4.57 Å². The number of primary amides is 1. The van der Waals surface area contributed by atoms with Crippen molar-refractivity contribution >= 4 is 39.3 Å². The zero-order valence-corrected chi connectivity index (χ0v) is 14.5. The predicted octanol–water partition coefficient (Wildman–Crippen LogP) is 4.70. The maximum atomic E-state index is 11.9. The van der Waals surface area contributed by atoms with E-state index < -0.39 is 5.91 Å². The molecule has 1 aromatic heterocycles. The number of rotatable bonds is 3. The molecular weight excluding hydrogens is 332 g/mol. The summed E-state index contributed by atoms with van der Waals surface area (Å²) >= 11 is 6.28. The molecule has 0 atom stereocenters. The number of nitrogens with two attached hydrogens (primary N) is 1. The van der Waals surface area contributed by atoms with Crippen LogP contribution in [0.5, 0.6) is 0 Å². The minimum absolute atomic E-state index is 0.430. The lowest BCUT2D eigenvalue weighted by atomic mass is 10.1. The molecule has 0 aliphatic carbocycles. The highest BCUT2D eigenvalue weighted by atomic mass is 35.5. The average Bonchev–Trinajstić information content (AvgIpc) is 2.92. The molecule has 3 aromatic carbocycles. The molecule has 1 radical (unpaired) electrons. The Kier molecular flexibility index (Phi) is 3.74. The lowest BCUT2D eigenvalue weighted by molar-refractivity contribution is 0.100. The molecule has 1 heterocycles. The predicted molar refractivity (Wildman–Crippen MR) is 102 cm³/mol. The highest BCUT2D eigenvalue weighted by Gasteiger charge is 2.16. The van der Waals surface area contributed by atoms with Crippen molar-refractivity contribution in [1.29, 1.82) is 0 Å². The minimum Gasteiger partial charge on any atom is -0.366 e. The molecule has 25 heavy (non-hydrogen) atoms. The number of aryl methyl sites for hydroxylation is 1. The van der Waals surface area contributed by atoms with Crippen LogP contribution in [0.2, 0.25) is 5.02 Å². The third-order valence-electron chi connectivity index (χ3n) is 4.55. The highest BCUT2D eigenvalue weighted by Crippen LogP contribution is 2.32. The van der Waals surface area contributed by atoms with Gasteiger partial charge in [0.25, 0.3) is 0 Å². The third kappa shape index (κ3) is 2.57. The minimum atomic E-state index is -0.430. The van der Waals surface area contributed by atoms with Gasteiger partial charge in [-0.25, -0.2) is 0 Å². The Morgan fingerprint density at radius 2 is 1.96 bits per heavy atom. The molecule has 3 nitrogen and oxygen atoms in total. The summed E-state index contributed by atoms with van der Waals surface area (Å²) in [7, 11) is 0. The molecule has 4 aromatic rings. The van der Waals surface area contributed by atoms with Crippen LogP contribution in [0.15, 0.2) is 54.6 Å². The van der Waals surface area contributed by atoms with Crippen LogP contribution >= 0.6 is 11.6 Å². The van der Waals surface area contributed by atoms with Crippen molar-refractivity contribution in [2.24, 2.45) is 5.73 Å². The summed E-state index contributed by atoms with van der Waals surface area (Å²) in [6.45, 7) is 2.64. The molecule has 123 valence electrons. The van der Waals surface area contributed by atoms with Crippen molar-refractivity contribution in [2.75, 3.05) is 0 Å². The summed E-state index contributed by atoms with van der Waals surface area (Å²) in [5.74, 6) is -0.430. The summed E-state index contributed by atoms with van der Waals surface area (Å²) in [5.41, 5.74) is 10.2. The van der Waals surface area contributed by atoms with Crippen molar-refractivity contribution < 1.29 is 4.79 Å². The van der Waals surface area contributed by atoms with Crippen LogP contribution in [0.25, 0.3) is 21.8 Å². The van der Waals surface area contributed by atoms with Crippen LogP contribution in [0, 0.1) is 13.0 Å². The van der Waals surface area contributed by atoms with E-state index in [2.05, 4.69) is 16.7 Å². The van der Waals surface area contributed by atoms with Crippen LogP contribution in [-0.2, 0) is 6.54 Å². The Balaban J connectivity index is 2.00. The first-order valence-corrected chi connectivity index (χ1v) is 8.40. The first kappa shape index (κ1) is 15.7. The lowest BCUT2D eigenvalue weighted by Crippen LogP contribution is -2.11.